The first-order valence-electron chi connectivity index (χ1n) is 6.45. The van der Waals surface area contributed by atoms with Crippen LogP contribution in [0.3, 0.4) is 0 Å². The highest BCUT2D eigenvalue weighted by Crippen LogP contribution is 2.29. The quantitative estimate of drug-likeness (QED) is 0.857. The van der Waals surface area contributed by atoms with Crippen LogP contribution in [0.2, 0.25) is 0 Å². The Morgan fingerprint density at radius 1 is 1.33 bits per heavy atom. The van der Waals surface area contributed by atoms with Crippen LogP contribution >= 0.6 is 15.9 Å². The zero-order valence-corrected chi connectivity index (χ0v) is 12.1. The Morgan fingerprint density at radius 2 is 2.06 bits per heavy atom. The molecule has 0 radical (unpaired) electrons. The van der Waals surface area contributed by atoms with E-state index in [1.807, 2.05) is 12.1 Å². The van der Waals surface area contributed by atoms with Crippen LogP contribution in [0.25, 0.3) is 0 Å². The number of ether oxygens (including phenoxy) is 2. The van der Waals surface area contributed by atoms with Gasteiger partial charge in [-0.2, -0.15) is 0 Å². The molecule has 0 saturated carbocycles. The van der Waals surface area contributed by atoms with Gasteiger partial charge < -0.3 is 9.47 Å². The van der Waals surface area contributed by atoms with Crippen LogP contribution in [0.5, 0.6) is 5.75 Å². The maximum atomic E-state index is 5.86. The van der Waals surface area contributed by atoms with E-state index in [9.17, 15) is 0 Å². The van der Waals surface area contributed by atoms with Gasteiger partial charge in [0.1, 0.15) is 5.75 Å². The van der Waals surface area contributed by atoms with Gasteiger partial charge in [0.25, 0.3) is 0 Å². The van der Waals surface area contributed by atoms with E-state index in [1.54, 1.807) is 7.11 Å². The Labute approximate surface area is 116 Å². The highest BCUT2D eigenvalue weighted by Gasteiger charge is 2.33. The zero-order valence-electron chi connectivity index (χ0n) is 10.6. The van der Waals surface area contributed by atoms with E-state index in [0.29, 0.717) is 12.2 Å². The summed E-state index contributed by atoms with van der Waals surface area (Å²) in [6.07, 6.45) is 3.33. The minimum atomic E-state index is 0.446. The van der Waals surface area contributed by atoms with Crippen molar-refractivity contribution in [2.75, 3.05) is 20.2 Å². The first kappa shape index (κ1) is 12.5. The first-order chi connectivity index (χ1) is 8.74. The van der Waals surface area contributed by atoms with E-state index in [0.717, 1.165) is 29.9 Å². The SMILES string of the molecule is COc1ccc(Br)cc1CN1CC2CCC(C1)O2. The molecule has 0 spiro atoms. The smallest absolute Gasteiger partial charge is 0.123 e. The summed E-state index contributed by atoms with van der Waals surface area (Å²) in [5, 5.41) is 0. The number of hydrogen-bond donors (Lipinski definition) is 0. The lowest BCUT2D eigenvalue weighted by molar-refractivity contribution is -0.0412. The number of methoxy groups -OCH3 is 1. The van der Waals surface area contributed by atoms with Crippen LogP contribution in [0, 0.1) is 0 Å². The van der Waals surface area contributed by atoms with Gasteiger partial charge in [0.05, 0.1) is 19.3 Å². The van der Waals surface area contributed by atoms with Crippen molar-refractivity contribution >= 4 is 15.9 Å². The van der Waals surface area contributed by atoms with Crippen LogP contribution < -0.4 is 4.74 Å². The van der Waals surface area contributed by atoms with Gasteiger partial charge in [-0.3, -0.25) is 4.90 Å². The maximum absolute atomic E-state index is 5.86. The van der Waals surface area contributed by atoms with Gasteiger partial charge in [0, 0.05) is 29.7 Å². The molecule has 0 aromatic heterocycles. The molecule has 2 fully saturated rings. The van der Waals surface area contributed by atoms with Gasteiger partial charge in [0.2, 0.25) is 0 Å². The maximum Gasteiger partial charge on any atom is 0.123 e. The number of likely N-dealkylation sites (tertiary alicyclic amines) is 1. The van der Waals surface area contributed by atoms with Crippen molar-refractivity contribution in [3.63, 3.8) is 0 Å². The molecule has 3 rings (SSSR count). The van der Waals surface area contributed by atoms with Crippen molar-refractivity contribution in [3.8, 4) is 5.75 Å². The van der Waals surface area contributed by atoms with Crippen molar-refractivity contribution in [2.24, 2.45) is 0 Å². The van der Waals surface area contributed by atoms with Crippen LogP contribution in [0.1, 0.15) is 18.4 Å². The van der Waals surface area contributed by atoms with Crippen LogP contribution in [0.15, 0.2) is 22.7 Å². The molecule has 0 aliphatic carbocycles. The largest absolute Gasteiger partial charge is 0.496 e. The first-order valence-corrected chi connectivity index (χ1v) is 7.24. The number of halogens is 1. The average molecular weight is 312 g/mol. The average Bonchev–Trinajstić information content (AvgIpc) is 2.69. The fourth-order valence-electron chi connectivity index (χ4n) is 2.94. The minimum absolute atomic E-state index is 0.446. The van der Waals surface area contributed by atoms with Gasteiger partial charge in [-0.1, -0.05) is 15.9 Å². The Balaban J connectivity index is 1.74. The summed E-state index contributed by atoms with van der Waals surface area (Å²) in [7, 11) is 1.73. The highest BCUT2D eigenvalue weighted by molar-refractivity contribution is 9.10. The predicted octanol–water partition coefficient (Wildman–Crippen LogP) is 2.82. The number of rotatable bonds is 3. The third-order valence-electron chi connectivity index (χ3n) is 3.76. The molecule has 1 aromatic carbocycles. The third-order valence-corrected chi connectivity index (χ3v) is 4.25. The Morgan fingerprint density at radius 3 is 2.72 bits per heavy atom. The molecule has 98 valence electrons. The van der Waals surface area contributed by atoms with Crippen LogP contribution in [-0.2, 0) is 11.3 Å². The predicted molar refractivity (Wildman–Crippen MR) is 73.9 cm³/mol. The van der Waals surface area contributed by atoms with Crippen molar-refractivity contribution < 1.29 is 9.47 Å². The molecular formula is C14H18BrNO2. The van der Waals surface area contributed by atoms with Gasteiger partial charge >= 0.3 is 0 Å². The molecule has 2 aliphatic rings. The van der Waals surface area contributed by atoms with E-state index >= 15 is 0 Å². The summed E-state index contributed by atoms with van der Waals surface area (Å²) < 4.78 is 12.4. The number of hydrogen-bond acceptors (Lipinski definition) is 3. The fourth-order valence-corrected chi connectivity index (χ4v) is 3.35. The molecule has 18 heavy (non-hydrogen) atoms. The van der Waals surface area contributed by atoms with Crippen molar-refractivity contribution in [1.82, 2.24) is 4.90 Å². The van der Waals surface area contributed by atoms with Crippen LogP contribution in [-0.4, -0.2) is 37.3 Å². The molecule has 2 atom stereocenters. The van der Waals surface area contributed by atoms with Gasteiger partial charge in [-0.25, -0.2) is 0 Å². The van der Waals surface area contributed by atoms with Crippen LogP contribution in [0.4, 0.5) is 0 Å². The molecule has 0 amide bonds. The normalized spacial score (nSPS) is 27.4. The van der Waals surface area contributed by atoms with Crippen molar-refractivity contribution in [2.45, 2.75) is 31.6 Å². The standard InChI is InChI=1S/C14H18BrNO2/c1-17-14-5-2-11(15)6-10(14)7-16-8-12-3-4-13(9-16)18-12/h2,5-6,12-13H,3-4,7-9H2,1H3. The van der Waals surface area contributed by atoms with E-state index < -0.39 is 0 Å². The van der Waals surface area contributed by atoms with E-state index in [1.165, 1.54) is 18.4 Å². The molecule has 4 heteroatoms. The van der Waals surface area contributed by atoms with Crippen molar-refractivity contribution in [3.05, 3.63) is 28.2 Å². The van der Waals surface area contributed by atoms with E-state index in [2.05, 4.69) is 26.9 Å². The number of fused-ring (bicyclic) bond motifs is 2. The number of benzene rings is 1. The number of morpholine rings is 1. The molecule has 3 nitrogen and oxygen atoms in total. The van der Waals surface area contributed by atoms with E-state index in [4.69, 9.17) is 9.47 Å². The van der Waals surface area contributed by atoms with Gasteiger partial charge in [-0.05, 0) is 31.0 Å². The second-order valence-corrected chi connectivity index (χ2v) is 6.02. The molecule has 2 aliphatic heterocycles. The molecule has 1 aromatic rings. The topological polar surface area (TPSA) is 21.7 Å². The lowest BCUT2D eigenvalue weighted by atomic mass is 10.1. The lowest BCUT2D eigenvalue weighted by Gasteiger charge is -2.32. The fraction of sp³-hybridized carbons (Fsp3) is 0.571. The molecule has 2 unspecified atom stereocenters. The summed E-state index contributed by atoms with van der Waals surface area (Å²) in [6.45, 7) is 3.04. The van der Waals surface area contributed by atoms with Gasteiger partial charge in [-0.15, -0.1) is 0 Å². The third kappa shape index (κ3) is 2.56. The minimum Gasteiger partial charge on any atom is -0.496 e. The van der Waals surface area contributed by atoms with Gasteiger partial charge in [0.15, 0.2) is 0 Å². The zero-order chi connectivity index (χ0) is 12.5. The van der Waals surface area contributed by atoms with Crippen molar-refractivity contribution in [1.29, 1.82) is 0 Å². The number of nitrogens with zero attached hydrogens (tertiary/aromatic N) is 1. The highest BCUT2D eigenvalue weighted by atomic mass is 79.9. The summed E-state index contributed by atoms with van der Waals surface area (Å²) in [5.74, 6) is 0.969. The Kier molecular flexibility index (Phi) is 3.59. The summed E-state index contributed by atoms with van der Waals surface area (Å²) in [5.41, 5.74) is 1.24. The molecule has 2 heterocycles. The molecule has 2 bridgehead atoms. The second kappa shape index (κ2) is 5.19. The summed E-state index contributed by atoms with van der Waals surface area (Å²) in [6, 6.07) is 6.19. The Hall–Kier alpha value is -0.580. The molecule has 2 saturated heterocycles. The molecule has 0 N–H and O–H groups in total. The van der Waals surface area contributed by atoms with E-state index in [-0.39, 0.29) is 0 Å². The summed E-state index contributed by atoms with van der Waals surface area (Å²) >= 11 is 3.53. The Bertz CT molecular complexity index is 426. The monoisotopic (exact) mass is 311 g/mol. The molecular weight excluding hydrogens is 294 g/mol. The lowest BCUT2D eigenvalue weighted by Crippen LogP contribution is -2.42. The second-order valence-electron chi connectivity index (χ2n) is 5.11. The summed E-state index contributed by atoms with van der Waals surface area (Å²) in [4.78, 5) is 2.48.